The molecule has 218 valence electrons. The molecule has 41 heavy (non-hydrogen) atoms. The van der Waals surface area contributed by atoms with E-state index >= 15 is 0 Å². The number of nitrogens with one attached hydrogen (secondary N) is 1. The zero-order valence-corrected chi connectivity index (χ0v) is 24.2. The van der Waals surface area contributed by atoms with Crippen LogP contribution in [-0.4, -0.2) is 62.8 Å². The predicted molar refractivity (Wildman–Crippen MR) is 159 cm³/mol. The molecule has 2 aromatic carbocycles. The van der Waals surface area contributed by atoms with Crippen LogP contribution in [0.25, 0.3) is 10.9 Å². The van der Waals surface area contributed by atoms with Gasteiger partial charge in [-0.1, -0.05) is 0 Å². The molecule has 3 aromatic rings. The number of rotatable bonds is 5. The number of aryl methyl sites for hydroxylation is 1. The van der Waals surface area contributed by atoms with E-state index in [1.807, 2.05) is 42.2 Å². The monoisotopic (exact) mass is 582 g/mol. The second-order valence-electron chi connectivity index (χ2n) is 12.3. The molecule has 1 aromatic heterocycles. The van der Waals surface area contributed by atoms with Gasteiger partial charge in [-0.05, 0) is 80.3 Å². The zero-order valence-electron chi connectivity index (χ0n) is 23.4. The fourth-order valence-corrected chi connectivity index (χ4v) is 8.27. The van der Waals surface area contributed by atoms with Crippen molar-refractivity contribution in [1.29, 1.82) is 0 Å². The van der Waals surface area contributed by atoms with Crippen molar-refractivity contribution < 1.29 is 17.2 Å². The third kappa shape index (κ3) is 5.17. The number of hydrogen-bond donors (Lipinski definition) is 1. The van der Waals surface area contributed by atoms with Crippen LogP contribution in [0.3, 0.4) is 0 Å². The maximum atomic E-state index is 13.8. The number of benzene rings is 2. The highest BCUT2D eigenvalue weighted by molar-refractivity contribution is 7.93. The van der Waals surface area contributed by atoms with Crippen molar-refractivity contribution in [3.63, 3.8) is 0 Å². The molecule has 3 aliphatic heterocycles. The van der Waals surface area contributed by atoms with E-state index in [9.17, 15) is 17.2 Å². The first-order valence-corrected chi connectivity index (χ1v) is 16.3. The summed E-state index contributed by atoms with van der Waals surface area (Å²) in [5, 5.41) is 4.37. The lowest BCUT2D eigenvalue weighted by Gasteiger charge is -2.35. The number of sulfonamides is 1. The summed E-state index contributed by atoms with van der Waals surface area (Å²) in [6.45, 7) is 4.92. The van der Waals surface area contributed by atoms with Crippen LogP contribution in [-0.2, 0) is 10.0 Å². The molecule has 1 N–H and O–H groups in total. The van der Waals surface area contributed by atoms with Crippen molar-refractivity contribution in [1.82, 2.24) is 9.97 Å². The third-order valence-electron chi connectivity index (χ3n) is 9.40. The lowest BCUT2D eigenvalue weighted by Crippen LogP contribution is -2.39. The fourth-order valence-electron chi connectivity index (χ4n) is 6.72. The topological polar surface area (TPSA) is 81.7 Å². The minimum absolute atomic E-state index is 0.143. The summed E-state index contributed by atoms with van der Waals surface area (Å²) in [5.74, 6) is -1.79. The van der Waals surface area contributed by atoms with Gasteiger partial charge in [0, 0.05) is 56.9 Å². The lowest BCUT2D eigenvalue weighted by molar-refractivity contribution is -0.0220. The van der Waals surface area contributed by atoms with Crippen LogP contribution in [0.15, 0.2) is 36.7 Å². The smallest absolute Gasteiger partial charge is 0.251 e. The van der Waals surface area contributed by atoms with Gasteiger partial charge >= 0.3 is 0 Å². The zero-order chi connectivity index (χ0) is 28.4. The van der Waals surface area contributed by atoms with Crippen molar-refractivity contribution in [2.45, 2.75) is 57.8 Å². The van der Waals surface area contributed by atoms with E-state index in [0.29, 0.717) is 48.5 Å². The highest BCUT2D eigenvalue weighted by Gasteiger charge is 2.44. The van der Waals surface area contributed by atoms with Gasteiger partial charge in [-0.15, -0.1) is 0 Å². The number of aromatic nitrogens is 2. The summed E-state index contributed by atoms with van der Waals surface area (Å²) < 4.78 is 54.8. The standard InChI is InChI=1S/C30H36F2N6O2S/c1-21-15-22(17-23(16-21)36-12-7-30(31,32)8-13-36)35-28-27-25(33-20-34-28)18-24(38-9-2-14-41(38,39)40)19-26(27)37-10-5-29(3-4-29)6-11-37/h15-20H,2-14H2,1H3,(H,33,34,35). The minimum Gasteiger partial charge on any atom is -0.371 e. The van der Waals surface area contributed by atoms with Crippen molar-refractivity contribution in [2.24, 2.45) is 5.41 Å². The molecule has 1 saturated carbocycles. The summed E-state index contributed by atoms with van der Waals surface area (Å²) in [6, 6.07) is 9.91. The Kier molecular flexibility index (Phi) is 6.29. The molecular formula is C30H36F2N6O2S. The largest absolute Gasteiger partial charge is 0.371 e. The van der Waals surface area contributed by atoms with Gasteiger partial charge < -0.3 is 15.1 Å². The predicted octanol–water partition coefficient (Wildman–Crippen LogP) is 5.84. The van der Waals surface area contributed by atoms with E-state index in [4.69, 9.17) is 0 Å². The second-order valence-corrected chi connectivity index (χ2v) is 14.3. The summed E-state index contributed by atoms with van der Waals surface area (Å²) in [6.07, 6.45) is 6.70. The molecule has 4 heterocycles. The first-order chi connectivity index (χ1) is 19.6. The van der Waals surface area contributed by atoms with E-state index in [1.165, 1.54) is 23.5 Å². The van der Waals surface area contributed by atoms with Gasteiger partial charge in [-0.3, -0.25) is 4.31 Å². The molecule has 4 aliphatic rings. The number of alkyl halides is 2. The molecule has 0 atom stereocenters. The van der Waals surface area contributed by atoms with Crippen molar-refractivity contribution in [3.05, 3.63) is 42.2 Å². The Morgan fingerprint density at radius 3 is 2.24 bits per heavy atom. The Bertz CT molecular complexity index is 1590. The van der Waals surface area contributed by atoms with Crippen LogP contribution in [0.5, 0.6) is 0 Å². The van der Waals surface area contributed by atoms with Crippen LogP contribution < -0.4 is 19.4 Å². The molecule has 0 amide bonds. The highest BCUT2D eigenvalue weighted by Crippen LogP contribution is 2.54. The number of nitrogens with zero attached hydrogens (tertiary/aromatic N) is 5. The molecule has 7 rings (SSSR count). The summed E-state index contributed by atoms with van der Waals surface area (Å²) in [7, 11) is -3.35. The number of hydrogen-bond acceptors (Lipinski definition) is 7. The normalized spacial score (nSPS) is 22.9. The Morgan fingerprint density at radius 2 is 1.56 bits per heavy atom. The number of piperidine rings is 2. The molecule has 3 saturated heterocycles. The molecule has 0 unspecified atom stereocenters. The quantitative estimate of drug-likeness (QED) is 0.405. The molecular weight excluding hydrogens is 546 g/mol. The van der Waals surface area contributed by atoms with E-state index in [2.05, 4.69) is 20.2 Å². The highest BCUT2D eigenvalue weighted by atomic mass is 32.2. The Balaban J connectivity index is 1.27. The van der Waals surface area contributed by atoms with E-state index in [1.54, 1.807) is 0 Å². The summed E-state index contributed by atoms with van der Waals surface area (Å²) in [5.41, 5.74) is 5.54. The van der Waals surface area contributed by atoms with E-state index in [0.717, 1.165) is 53.9 Å². The molecule has 4 fully saturated rings. The Labute approximate surface area is 239 Å². The van der Waals surface area contributed by atoms with Crippen molar-refractivity contribution in [2.75, 3.05) is 57.9 Å². The molecule has 1 spiro atoms. The average Bonchev–Trinajstić information content (AvgIpc) is 3.58. The first kappa shape index (κ1) is 26.7. The van der Waals surface area contributed by atoms with E-state index < -0.39 is 15.9 Å². The van der Waals surface area contributed by atoms with Crippen LogP contribution in [0.4, 0.5) is 37.3 Å². The number of fused-ring (bicyclic) bond motifs is 1. The van der Waals surface area contributed by atoms with Gasteiger partial charge in [0.1, 0.15) is 12.1 Å². The van der Waals surface area contributed by atoms with E-state index in [-0.39, 0.29) is 18.6 Å². The molecule has 8 nitrogen and oxygen atoms in total. The Hall–Kier alpha value is -3.21. The van der Waals surface area contributed by atoms with Gasteiger partial charge in [0.15, 0.2) is 0 Å². The minimum atomic E-state index is -3.35. The van der Waals surface area contributed by atoms with Crippen LogP contribution >= 0.6 is 0 Å². The molecule has 0 bridgehead atoms. The van der Waals surface area contributed by atoms with Gasteiger partial charge in [0.05, 0.1) is 28.0 Å². The first-order valence-electron chi connectivity index (χ1n) is 14.7. The van der Waals surface area contributed by atoms with Crippen LogP contribution in [0.1, 0.15) is 50.5 Å². The van der Waals surface area contributed by atoms with Crippen molar-refractivity contribution in [3.8, 4) is 0 Å². The van der Waals surface area contributed by atoms with Gasteiger partial charge in [0.25, 0.3) is 5.92 Å². The average molecular weight is 583 g/mol. The lowest BCUT2D eigenvalue weighted by atomic mass is 9.93. The van der Waals surface area contributed by atoms with Crippen LogP contribution in [0.2, 0.25) is 0 Å². The second kappa shape index (κ2) is 9.68. The van der Waals surface area contributed by atoms with Gasteiger partial charge in [0.2, 0.25) is 10.0 Å². The third-order valence-corrected chi connectivity index (χ3v) is 11.3. The molecule has 1 aliphatic carbocycles. The fraction of sp³-hybridized carbons (Fsp3) is 0.533. The summed E-state index contributed by atoms with van der Waals surface area (Å²) >= 11 is 0. The van der Waals surface area contributed by atoms with Crippen LogP contribution in [0, 0.1) is 12.3 Å². The summed E-state index contributed by atoms with van der Waals surface area (Å²) in [4.78, 5) is 13.6. The van der Waals surface area contributed by atoms with Gasteiger partial charge in [-0.2, -0.15) is 0 Å². The molecule has 0 radical (unpaired) electrons. The maximum Gasteiger partial charge on any atom is 0.251 e. The number of halogens is 2. The Morgan fingerprint density at radius 1 is 0.829 bits per heavy atom. The number of anilines is 5. The molecule has 11 heteroatoms. The van der Waals surface area contributed by atoms with Gasteiger partial charge in [-0.25, -0.2) is 27.2 Å². The SMILES string of the molecule is Cc1cc(Nc2ncnc3cc(N4CCCS4(=O)=O)cc(N4CCC5(CC4)CC5)c23)cc(N2CCC(F)(F)CC2)c1. The maximum absolute atomic E-state index is 13.8. The van der Waals surface area contributed by atoms with Crippen molar-refractivity contribution >= 4 is 49.5 Å².